The highest BCUT2D eigenvalue weighted by atomic mass is 16.8. The second-order valence-corrected chi connectivity index (χ2v) is 9.18. The summed E-state index contributed by atoms with van der Waals surface area (Å²) in [5.74, 6) is -1.95. The Balaban J connectivity index is 1.35. The first-order valence-corrected chi connectivity index (χ1v) is 11.4. The summed E-state index contributed by atoms with van der Waals surface area (Å²) in [5.41, 5.74) is -1.03. The van der Waals surface area contributed by atoms with Gasteiger partial charge in [0, 0.05) is 5.92 Å². The molecular weight excluding hydrogens is 484 g/mol. The Kier molecular flexibility index (Phi) is 6.59. The van der Waals surface area contributed by atoms with Gasteiger partial charge >= 0.3 is 5.97 Å². The van der Waals surface area contributed by atoms with Crippen molar-refractivity contribution in [3.8, 4) is 11.5 Å². The van der Waals surface area contributed by atoms with Crippen LogP contribution in [0, 0.1) is 11.8 Å². The zero-order chi connectivity index (χ0) is 25.8. The van der Waals surface area contributed by atoms with E-state index in [1.807, 2.05) is 0 Å². The number of carbonyl (C=O) groups excluding carboxylic acids is 1. The van der Waals surface area contributed by atoms with E-state index < -0.39 is 85.8 Å². The van der Waals surface area contributed by atoms with Gasteiger partial charge in [0.2, 0.25) is 6.29 Å². The summed E-state index contributed by atoms with van der Waals surface area (Å²) < 4.78 is 33.4. The molecule has 198 valence electrons. The van der Waals surface area contributed by atoms with E-state index in [4.69, 9.17) is 28.4 Å². The predicted molar refractivity (Wildman–Crippen MR) is 114 cm³/mol. The molecule has 13 nitrogen and oxygen atoms in total. The molecule has 3 heterocycles. The van der Waals surface area contributed by atoms with Gasteiger partial charge in [-0.05, 0) is 24.3 Å². The first-order valence-electron chi connectivity index (χ1n) is 11.4. The molecule has 0 bridgehead atoms. The Hall–Kier alpha value is -2.49. The van der Waals surface area contributed by atoms with E-state index in [0.717, 1.165) is 0 Å². The number of rotatable bonds is 7. The number of aliphatic hydroxyl groups is 5. The molecule has 10 unspecified atom stereocenters. The second kappa shape index (κ2) is 9.43. The van der Waals surface area contributed by atoms with Crippen LogP contribution in [0.15, 0.2) is 30.5 Å². The second-order valence-electron chi connectivity index (χ2n) is 9.18. The lowest BCUT2D eigenvalue weighted by atomic mass is 9.85. The maximum Gasteiger partial charge on any atom is 0.338 e. The molecular formula is C23H28O13. The molecule has 0 radical (unpaired) electrons. The minimum absolute atomic E-state index is 0.0973. The van der Waals surface area contributed by atoms with Gasteiger partial charge in [0.15, 0.2) is 17.8 Å². The maximum atomic E-state index is 12.9. The first-order chi connectivity index (χ1) is 17.2. The van der Waals surface area contributed by atoms with Crippen LogP contribution in [0.5, 0.6) is 11.5 Å². The Bertz CT molecular complexity index is 1010. The number of aliphatic hydroxyl groups excluding tert-OH is 5. The number of hydrogen-bond acceptors (Lipinski definition) is 13. The van der Waals surface area contributed by atoms with Crippen LogP contribution >= 0.6 is 0 Å². The van der Waals surface area contributed by atoms with Gasteiger partial charge in [0.05, 0.1) is 38.1 Å². The fourth-order valence-electron chi connectivity index (χ4n) is 5.28. The molecule has 5 rings (SSSR count). The maximum absolute atomic E-state index is 12.9. The number of benzene rings is 1. The van der Waals surface area contributed by atoms with Crippen molar-refractivity contribution >= 4 is 5.97 Å². The number of fused-ring (bicyclic) bond motifs is 3. The average Bonchev–Trinajstić information content (AvgIpc) is 3.56. The number of phenols is 1. The zero-order valence-electron chi connectivity index (χ0n) is 19.1. The van der Waals surface area contributed by atoms with Crippen molar-refractivity contribution in [3.05, 3.63) is 36.1 Å². The first kappa shape index (κ1) is 25.2. The van der Waals surface area contributed by atoms with Gasteiger partial charge < -0.3 is 59.1 Å². The molecule has 1 saturated carbocycles. The van der Waals surface area contributed by atoms with Crippen LogP contribution < -0.4 is 4.74 Å². The van der Waals surface area contributed by atoms with Gasteiger partial charge in [-0.3, -0.25) is 0 Å². The van der Waals surface area contributed by atoms with E-state index in [9.17, 15) is 35.4 Å². The summed E-state index contributed by atoms with van der Waals surface area (Å²) in [4.78, 5) is 12.9. The Morgan fingerprint density at radius 1 is 1.11 bits per heavy atom. The van der Waals surface area contributed by atoms with E-state index in [0.29, 0.717) is 0 Å². The summed E-state index contributed by atoms with van der Waals surface area (Å²) in [7, 11) is 1.35. The van der Waals surface area contributed by atoms with Crippen LogP contribution in [0.3, 0.4) is 0 Å². The number of epoxide rings is 1. The third-order valence-electron chi connectivity index (χ3n) is 7.26. The highest BCUT2D eigenvalue weighted by molar-refractivity contribution is 5.90. The van der Waals surface area contributed by atoms with E-state index in [2.05, 4.69) is 0 Å². The van der Waals surface area contributed by atoms with Crippen molar-refractivity contribution in [1.29, 1.82) is 0 Å². The largest absolute Gasteiger partial charge is 0.504 e. The summed E-state index contributed by atoms with van der Waals surface area (Å²) in [5, 5.41) is 59.8. The third-order valence-corrected chi connectivity index (χ3v) is 7.26. The van der Waals surface area contributed by atoms with E-state index in [-0.39, 0.29) is 17.1 Å². The van der Waals surface area contributed by atoms with Crippen LogP contribution in [-0.2, 0) is 23.7 Å². The predicted octanol–water partition coefficient (Wildman–Crippen LogP) is -2.01. The number of phenolic OH excluding ortho intramolecular Hbond substituents is 1. The fraction of sp³-hybridized carbons (Fsp3) is 0.609. The standard InChI is InChI=1S/C23H28O13/c1-31-12-6-9(2-3-11(12)26)20(30)34-18-10-4-5-32-21(14(10)23(8-25)19(18)36-23)35-22-17(29)16(28)15(27)13(7-24)33-22/h2-6,10,13-19,21-22,24-29H,7-8H2,1H3/t10?,13?,14?,15?,16?,17?,18?,19?,21?,22?,23-/m1/s1. The van der Waals surface area contributed by atoms with E-state index >= 15 is 0 Å². The number of aromatic hydroxyl groups is 1. The van der Waals surface area contributed by atoms with Crippen molar-refractivity contribution in [3.63, 3.8) is 0 Å². The number of carbonyl (C=O) groups is 1. The summed E-state index contributed by atoms with van der Waals surface area (Å²) in [6.45, 7) is -1.07. The molecule has 3 fully saturated rings. The molecule has 36 heavy (non-hydrogen) atoms. The van der Waals surface area contributed by atoms with Gasteiger partial charge in [-0.15, -0.1) is 0 Å². The van der Waals surface area contributed by atoms with Crippen LogP contribution in [0.25, 0.3) is 0 Å². The van der Waals surface area contributed by atoms with Crippen LogP contribution in [0.2, 0.25) is 0 Å². The van der Waals surface area contributed by atoms with Crippen LogP contribution in [0.1, 0.15) is 10.4 Å². The van der Waals surface area contributed by atoms with E-state index in [1.54, 1.807) is 6.08 Å². The van der Waals surface area contributed by atoms with Gasteiger partial charge in [0.25, 0.3) is 0 Å². The lowest BCUT2D eigenvalue weighted by Gasteiger charge is -2.43. The summed E-state index contributed by atoms with van der Waals surface area (Å²) >= 11 is 0. The Morgan fingerprint density at radius 2 is 1.89 bits per heavy atom. The van der Waals surface area contributed by atoms with Crippen LogP contribution in [0.4, 0.5) is 0 Å². The molecule has 0 amide bonds. The van der Waals surface area contributed by atoms with Crippen molar-refractivity contribution in [2.45, 2.75) is 54.8 Å². The molecule has 0 spiro atoms. The molecule has 1 aromatic carbocycles. The van der Waals surface area contributed by atoms with Gasteiger partial charge in [0.1, 0.15) is 42.2 Å². The van der Waals surface area contributed by atoms with Gasteiger partial charge in [-0.1, -0.05) is 0 Å². The molecule has 13 heteroatoms. The highest BCUT2D eigenvalue weighted by Gasteiger charge is 2.77. The van der Waals surface area contributed by atoms with Crippen molar-refractivity contribution < 1.29 is 63.9 Å². The monoisotopic (exact) mass is 512 g/mol. The smallest absolute Gasteiger partial charge is 0.338 e. The van der Waals surface area contributed by atoms with E-state index in [1.165, 1.54) is 31.6 Å². The lowest BCUT2D eigenvalue weighted by Crippen LogP contribution is -2.60. The zero-order valence-corrected chi connectivity index (χ0v) is 19.1. The molecule has 6 N–H and O–H groups in total. The Labute approximate surface area is 205 Å². The molecule has 0 aromatic heterocycles. The quantitative estimate of drug-likeness (QED) is 0.173. The molecule has 2 saturated heterocycles. The average molecular weight is 512 g/mol. The fourth-order valence-corrected chi connectivity index (χ4v) is 5.28. The summed E-state index contributed by atoms with van der Waals surface area (Å²) in [6, 6.07) is 4.02. The number of methoxy groups -OCH3 is 1. The highest BCUT2D eigenvalue weighted by Crippen LogP contribution is 2.60. The minimum Gasteiger partial charge on any atom is -0.504 e. The topological polar surface area (TPSA) is 197 Å². The Morgan fingerprint density at radius 3 is 2.58 bits per heavy atom. The van der Waals surface area contributed by atoms with Crippen LogP contribution in [-0.4, -0.2) is 112 Å². The third kappa shape index (κ3) is 3.92. The van der Waals surface area contributed by atoms with Gasteiger partial charge in [-0.2, -0.15) is 0 Å². The molecule has 1 aromatic rings. The molecule has 11 atom stereocenters. The number of ether oxygens (including phenoxy) is 6. The van der Waals surface area contributed by atoms with Crippen molar-refractivity contribution in [1.82, 2.24) is 0 Å². The molecule has 4 aliphatic rings. The van der Waals surface area contributed by atoms with Crippen molar-refractivity contribution in [2.24, 2.45) is 11.8 Å². The molecule has 3 aliphatic heterocycles. The normalized spacial score (nSPS) is 42.7. The summed E-state index contributed by atoms with van der Waals surface area (Å²) in [6.07, 6.45) is -7.19. The number of esters is 1. The molecule has 1 aliphatic carbocycles. The minimum atomic E-state index is -1.66. The lowest BCUT2D eigenvalue weighted by molar-refractivity contribution is -0.344. The van der Waals surface area contributed by atoms with Crippen molar-refractivity contribution in [2.75, 3.05) is 20.3 Å². The van der Waals surface area contributed by atoms with Gasteiger partial charge in [-0.25, -0.2) is 4.79 Å². The number of hydrogen-bond donors (Lipinski definition) is 6. The SMILES string of the molecule is COc1cc(C(=O)OC2C3C=COC(OC4OC(CO)C(O)C(O)C4O)C3[C@@]3(CO)OC23)ccc1O.